The van der Waals surface area contributed by atoms with Crippen LogP contribution in [0.25, 0.3) is 11.3 Å². The molecule has 1 saturated heterocycles. The lowest BCUT2D eigenvalue weighted by molar-refractivity contribution is -0.137. The molecule has 1 aliphatic rings. The van der Waals surface area contributed by atoms with Crippen molar-refractivity contribution < 1.29 is 30.0 Å². The maximum Gasteiger partial charge on any atom is 0.416 e. The number of nitrogens with two attached hydrogens (primary N) is 1. The van der Waals surface area contributed by atoms with Gasteiger partial charge >= 0.3 is 6.18 Å². The zero-order valence-electron chi connectivity index (χ0n) is 22.2. The maximum absolute atomic E-state index is 13.3. The highest BCUT2D eigenvalue weighted by Crippen LogP contribution is 2.31. The van der Waals surface area contributed by atoms with Gasteiger partial charge in [-0.15, -0.1) is 11.3 Å². The van der Waals surface area contributed by atoms with Crippen molar-refractivity contribution in [1.29, 1.82) is 0 Å². The SMILES string of the molecule is NS(=O)(=O)c1ccc(CCn2c(-c3ccc(S(=O)(=O)N4CCCC4)cc3)csc2=Nc2cccc(C(F)(F)F)c2)cc1. The van der Waals surface area contributed by atoms with Gasteiger partial charge in [0.1, 0.15) is 0 Å². The summed E-state index contributed by atoms with van der Waals surface area (Å²) in [5.41, 5.74) is 1.55. The van der Waals surface area contributed by atoms with Crippen molar-refractivity contribution in [1.82, 2.24) is 8.87 Å². The number of aryl methyl sites for hydroxylation is 1. The standard InChI is InChI=1S/C28H27F3N4O4S3/c29-28(30,31)22-4-3-5-23(18-22)33-27-35(17-14-20-6-10-24(11-7-20)41(32,36)37)26(19-40-27)21-8-12-25(13-9-21)42(38,39)34-15-1-2-16-34/h3-13,18-19H,1-2,14-17H2,(H2,32,36,37). The highest BCUT2D eigenvalue weighted by molar-refractivity contribution is 7.89. The van der Waals surface area contributed by atoms with Crippen molar-refractivity contribution in [3.63, 3.8) is 0 Å². The van der Waals surface area contributed by atoms with Gasteiger partial charge in [0.05, 0.1) is 26.7 Å². The van der Waals surface area contributed by atoms with Crippen LogP contribution in [-0.4, -0.2) is 38.8 Å². The van der Waals surface area contributed by atoms with Crippen LogP contribution in [-0.2, 0) is 39.2 Å². The van der Waals surface area contributed by atoms with Gasteiger partial charge in [0.25, 0.3) is 0 Å². The van der Waals surface area contributed by atoms with E-state index < -0.39 is 31.8 Å². The van der Waals surface area contributed by atoms with E-state index in [2.05, 4.69) is 4.99 Å². The van der Waals surface area contributed by atoms with E-state index in [1.54, 1.807) is 36.4 Å². The van der Waals surface area contributed by atoms with Gasteiger partial charge in [-0.25, -0.2) is 27.0 Å². The van der Waals surface area contributed by atoms with E-state index in [0.29, 0.717) is 42.1 Å². The molecule has 1 aromatic heterocycles. The van der Waals surface area contributed by atoms with E-state index in [1.165, 1.54) is 39.9 Å². The number of primary sulfonamides is 1. The molecule has 0 aliphatic carbocycles. The first-order chi connectivity index (χ1) is 19.8. The van der Waals surface area contributed by atoms with Gasteiger partial charge in [-0.1, -0.05) is 30.3 Å². The number of hydrogen-bond donors (Lipinski definition) is 1. The summed E-state index contributed by atoms with van der Waals surface area (Å²) in [6.07, 6.45) is -2.40. The predicted molar refractivity (Wildman–Crippen MR) is 154 cm³/mol. The summed E-state index contributed by atoms with van der Waals surface area (Å²) in [6.45, 7) is 1.35. The van der Waals surface area contributed by atoms with Crippen LogP contribution in [0.15, 0.2) is 93.0 Å². The molecule has 1 aliphatic heterocycles. The minimum Gasteiger partial charge on any atom is -0.316 e. The molecular formula is C28H27F3N4O4S3. The van der Waals surface area contributed by atoms with Gasteiger partial charge in [0, 0.05) is 25.0 Å². The van der Waals surface area contributed by atoms with Gasteiger partial charge in [0.2, 0.25) is 20.0 Å². The molecule has 0 unspecified atom stereocenters. The Hall–Kier alpha value is -3.30. The quantitative estimate of drug-likeness (QED) is 0.288. The second kappa shape index (κ2) is 11.8. The molecule has 14 heteroatoms. The molecule has 2 N–H and O–H groups in total. The predicted octanol–water partition coefficient (Wildman–Crippen LogP) is 5.14. The number of thiazole rings is 1. The summed E-state index contributed by atoms with van der Waals surface area (Å²) in [6, 6.07) is 17.4. The summed E-state index contributed by atoms with van der Waals surface area (Å²) in [5.74, 6) is 0. The Morgan fingerprint density at radius 3 is 2.14 bits per heavy atom. The van der Waals surface area contributed by atoms with Crippen LogP contribution in [0.4, 0.5) is 18.9 Å². The lowest BCUT2D eigenvalue weighted by Gasteiger charge is -2.16. The number of nitrogens with zero attached hydrogens (tertiary/aromatic N) is 3. The lowest BCUT2D eigenvalue weighted by atomic mass is 10.1. The molecule has 0 spiro atoms. The smallest absolute Gasteiger partial charge is 0.316 e. The molecule has 222 valence electrons. The van der Waals surface area contributed by atoms with E-state index in [1.807, 2.05) is 9.95 Å². The zero-order valence-corrected chi connectivity index (χ0v) is 24.6. The van der Waals surface area contributed by atoms with E-state index in [4.69, 9.17) is 5.14 Å². The fourth-order valence-corrected chi connectivity index (χ4v) is 7.68. The average molecular weight is 637 g/mol. The molecule has 3 aromatic carbocycles. The minimum absolute atomic E-state index is 0.0145. The van der Waals surface area contributed by atoms with E-state index in [9.17, 15) is 30.0 Å². The third kappa shape index (κ3) is 6.68. The topological polar surface area (TPSA) is 115 Å². The number of alkyl halides is 3. The number of halogens is 3. The van der Waals surface area contributed by atoms with Crippen molar-refractivity contribution in [2.24, 2.45) is 10.1 Å². The van der Waals surface area contributed by atoms with Crippen LogP contribution < -0.4 is 9.94 Å². The molecule has 0 bridgehead atoms. The number of aromatic nitrogens is 1. The van der Waals surface area contributed by atoms with Crippen LogP contribution in [0.5, 0.6) is 0 Å². The monoisotopic (exact) mass is 636 g/mol. The van der Waals surface area contributed by atoms with Crippen molar-refractivity contribution >= 4 is 37.1 Å². The maximum atomic E-state index is 13.3. The molecule has 5 rings (SSSR count). The van der Waals surface area contributed by atoms with Crippen molar-refractivity contribution in [3.8, 4) is 11.3 Å². The summed E-state index contributed by atoms with van der Waals surface area (Å²) >= 11 is 1.24. The molecule has 0 saturated carbocycles. The van der Waals surface area contributed by atoms with E-state index >= 15 is 0 Å². The summed E-state index contributed by atoms with van der Waals surface area (Å²) in [4.78, 5) is 5.13. The highest BCUT2D eigenvalue weighted by atomic mass is 32.2. The number of sulfonamides is 2. The van der Waals surface area contributed by atoms with Crippen LogP contribution in [0.3, 0.4) is 0 Å². The second-order valence-corrected chi connectivity index (χ2v) is 14.1. The van der Waals surface area contributed by atoms with Crippen LogP contribution in [0, 0.1) is 0 Å². The summed E-state index contributed by atoms with van der Waals surface area (Å²) in [5, 5.41) is 7.01. The van der Waals surface area contributed by atoms with Gasteiger partial charge in [-0.05, 0) is 72.9 Å². The Kier molecular flexibility index (Phi) is 8.45. The third-order valence-corrected chi connectivity index (χ3v) is 10.6. The Morgan fingerprint density at radius 1 is 0.881 bits per heavy atom. The molecule has 2 heterocycles. The molecule has 0 amide bonds. The first-order valence-electron chi connectivity index (χ1n) is 12.9. The summed E-state index contributed by atoms with van der Waals surface area (Å²) in [7, 11) is -7.43. The largest absolute Gasteiger partial charge is 0.416 e. The van der Waals surface area contributed by atoms with Gasteiger partial charge in [-0.2, -0.15) is 17.5 Å². The zero-order chi connectivity index (χ0) is 30.1. The van der Waals surface area contributed by atoms with Crippen LogP contribution in [0.1, 0.15) is 24.0 Å². The average Bonchev–Trinajstić information content (AvgIpc) is 3.63. The fraction of sp³-hybridized carbons (Fsp3) is 0.250. The molecule has 42 heavy (non-hydrogen) atoms. The van der Waals surface area contributed by atoms with Gasteiger partial charge < -0.3 is 4.57 Å². The normalized spacial score (nSPS) is 15.4. The molecule has 0 atom stereocenters. The highest BCUT2D eigenvalue weighted by Gasteiger charge is 2.30. The van der Waals surface area contributed by atoms with E-state index in [0.717, 1.165) is 30.5 Å². The molecule has 4 aromatic rings. The van der Waals surface area contributed by atoms with Crippen LogP contribution in [0.2, 0.25) is 0 Å². The van der Waals surface area contributed by atoms with Crippen molar-refractivity contribution in [2.45, 2.75) is 41.8 Å². The number of benzene rings is 3. The first kappa shape index (κ1) is 30.2. The molecule has 1 fully saturated rings. The molecular weight excluding hydrogens is 610 g/mol. The second-order valence-electron chi connectivity index (χ2n) is 9.79. The Bertz CT molecular complexity index is 1860. The van der Waals surface area contributed by atoms with E-state index in [-0.39, 0.29) is 15.5 Å². The number of hydrogen-bond acceptors (Lipinski definition) is 6. The van der Waals surface area contributed by atoms with Gasteiger partial charge in [0.15, 0.2) is 4.80 Å². The van der Waals surface area contributed by atoms with Gasteiger partial charge in [-0.3, -0.25) is 0 Å². The first-order valence-corrected chi connectivity index (χ1v) is 16.8. The van der Waals surface area contributed by atoms with Crippen molar-refractivity contribution in [3.05, 3.63) is 94.1 Å². The summed E-state index contributed by atoms with van der Waals surface area (Å²) < 4.78 is 92.4. The minimum atomic E-state index is -4.51. The Labute approximate surface area is 245 Å². The molecule has 0 radical (unpaired) electrons. The van der Waals surface area contributed by atoms with Crippen molar-refractivity contribution in [2.75, 3.05) is 13.1 Å². The Balaban J connectivity index is 1.51. The van der Waals surface area contributed by atoms with Crippen LogP contribution >= 0.6 is 11.3 Å². The Morgan fingerprint density at radius 2 is 1.52 bits per heavy atom. The lowest BCUT2D eigenvalue weighted by Crippen LogP contribution is -2.27. The molecule has 8 nitrogen and oxygen atoms in total. The fourth-order valence-electron chi connectivity index (χ4n) is 4.69. The third-order valence-electron chi connectivity index (χ3n) is 6.92. The number of rotatable bonds is 8.